The molecular formula is C18H20N4O3. The Labute approximate surface area is 145 Å². The maximum Gasteiger partial charge on any atom is 0.312 e. The average Bonchev–Trinajstić information content (AvgIpc) is 2.95. The van der Waals surface area contributed by atoms with Gasteiger partial charge >= 0.3 is 5.97 Å². The number of piperidine rings is 1. The first-order valence-corrected chi connectivity index (χ1v) is 8.56. The van der Waals surface area contributed by atoms with E-state index in [0.29, 0.717) is 18.5 Å². The Morgan fingerprint density at radius 1 is 1.28 bits per heavy atom. The number of ether oxygens (including phenoxy) is 1. The minimum atomic E-state index is -0.368. The number of rotatable bonds is 3. The number of cyclic esters (lactones) is 1. The normalized spacial score (nSPS) is 22.1. The van der Waals surface area contributed by atoms with Crippen molar-refractivity contribution in [3.05, 3.63) is 36.4 Å². The van der Waals surface area contributed by atoms with Crippen LogP contribution in [-0.2, 0) is 9.53 Å². The van der Waals surface area contributed by atoms with Crippen molar-refractivity contribution in [1.29, 1.82) is 0 Å². The van der Waals surface area contributed by atoms with Crippen LogP contribution in [-0.4, -0.2) is 47.6 Å². The van der Waals surface area contributed by atoms with Crippen molar-refractivity contribution in [3.63, 3.8) is 0 Å². The molecule has 0 aliphatic carbocycles. The zero-order chi connectivity index (χ0) is 17.3. The van der Waals surface area contributed by atoms with E-state index in [4.69, 9.17) is 4.74 Å². The van der Waals surface area contributed by atoms with Crippen LogP contribution in [0.3, 0.4) is 0 Å². The van der Waals surface area contributed by atoms with E-state index in [1.54, 1.807) is 30.9 Å². The average molecular weight is 340 g/mol. The number of amides is 1. The van der Waals surface area contributed by atoms with E-state index in [0.717, 1.165) is 36.7 Å². The first-order valence-electron chi connectivity index (χ1n) is 8.56. The highest BCUT2D eigenvalue weighted by Crippen LogP contribution is 2.41. The highest BCUT2D eigenvalue weighted by molar-refractivity contribution is 6.06. The van der Waals surface area contributed by atoms with Crippen molar-refractivity contribution >= 4 is 22.6 Å². The topological polar surface area (TPSA) is 93.2 Å². The molecule has 2 fully saturated rings. The number of hydrogen-bond acceptors (Lipinski definition) is 6. The number of pyridine rings is 2. The molecule has 0 aromatic carbocycles. The molecule has 130 valence electrons. The molecule has 0 bridgehead atoms. The van der Waals surface area contributed by atoms with Crippen LogP contribution in [0.5, 0.6) is 0 Å². The summed E-state index contributed by atoms with van der Waals surface area (Å²) in [7, 11) is 0. The van der Waals surface area contributed by atoms with E-state index < -0.39 is 0 Å². The molecule has 0 saturated carbocycles. The van der Waals surface area contributed by atoms with Gasteiger partial charge in [-0.05, 0) is 32.0 Å². The molecular weight excluding hydrogens is 320 g/mol. The lowest BCUT2D eigenvalue weighted by molar-refractivity contribution is -0.149. The first kappa shape index (κ1) is 16.0. The molecule has 1 unspecified atom stereocenters. The van der Waals surface area contributed by atoms with Crippen LogP contribution in [0.1, 0.15) is 29.6 Å². The van der Waals surface area contributed by atoms with Gasteiger partial charge in [-0.3, -0.25) is 19.6 Å². The molecule has 1 spiro atoms. The van der Waals surface area contributed by atoms with Crippen molar-refractivity contribution in [2.45, 2.75) is 25.4 Å². The fourth-order valence-electron chi connectivity index (χ4n) is 3.76. The van der Waals surface area contributed by atoms with Gasteiger partial charge in [0.2, 0.25) is 0 Å². The van der Waals surface area contributed by atoms with E-state index in [1.807, 2.05) is 0 Å². The highest BCUT2D eigenvalue weighted by Gasteiger charge is 2.49. The standard InChI is InChI=1S/C18H20N4O3/c23-16(15-11-21-9-12-8-20-4-1-14(12)15)22-10-13-7-18(17(24)25-13)2-5-19-6-3-18/h1,4,8-9,11,13,19H,2-3,5-7,10H2,(H,22,23). The van der Waals surface area contributed by atoms with Crippen molar-refractivity contribution in [3.8, 4) is 0 Å². The van der Waals surface area contributed by atoms with Gasteiger partial charge in [-0.1, -0.05) is 0 Å². The number of nitrogens with zero attached hydrogens (tertiary/aromatic N) is 2. The summed E-state index contributed by atoms with van der Waals surface area (Å²) in [5.74, 6) is -0.335. The van der Waals surface area contributed by atoms with Crippen molar-refractivity contribution in [2.75, 3.05) is 19.6 Å². The van der Waals surface area contributed by atoms with Crippen LogP contribution in [0.25, 0.3) is 10.8 Å². The van der Waals surface area contributed by atoms with Crippen LogP contribution in [0.4, 0.5) is 0 Å². The zero-order valence-electron chi connectivity index (χ0n) is 13.8. The molecule has 7 nitrogen and oxygen atoms in total. The van der Waals surface area contributed by atoms with E-state index in [-0.39, 0.29) is 23.4 Å². The maximum absolute atomic E-state index is 12.5. The van der Waals surface area contributed by atoms with Crippen LogP contribution < -0.4 is 10.6 Å². The third-order valence-electron chi connectivity index (χ3n) is 5.18. The summed E-state index contributed by atoms with van der Waals surface area (Å²) in [5, 5.41) is 7.78. The van der Waals surface area contributed by atoms with Gasteiger partial charge in [-0.25, -0.2) is 0 Å². The van der Waals surface area contributed by atoms with Gasteiger partial charge in [0.25, 0.3) is 5.91 Å². The Hall–Kier alpha value is -2.54. The van der Waals surface area contributed by atoms with E-state index in [1.165, 1.54) is 0 Å². The number of hydrogen-bond donors (Lipinski definition) is 2. The predicted molar refractivity (Wildman–Crippen MR) is 90.9 cm³/mol. The van der Waals surface area contributed by atoms with E-state index >= 15 is 0 Å². The molecule has 2 aromatic rings. The summed E-state index contributed by atoms with van der Waals surface area (Å²) in [6.45, 7) is 2.00. The zero-order valence-corrected chi connectivity index (χ0v) is 13.8. The summed E-state index contributed by atoms with van der Waals surface area (Å²) >= 11 is 0. The van der Waals surface area contributed by atoms with E-state index in [2.05, 4.69) is 20.6 Å². The number of nitrogens with one attached hydrogen (secondary N) is 2. The van der Waals surface area contributed by atoms with Gasteiger partial charge in [0.05, 0.1) is 17.5 Å². The van der Waals surface area contributed by atoms with Crippen molar-refractivity contribution in [1.82, 2.24) is 20.6 Å². The van der Waals surface area contributed by atoms with Gasteiger partial charge in [0.1, 0.15) is 6.10 Å². The summed E-state index contributed by atoms with van der Waals surface area (Å²) in [6, 6.07) is 1.80. The molecule has 2 saturated heterocycles. The predicted octanol–water partition coefficient (Wildman–Crippen LogP) is 1.04. The summed E-state index contributed by atoms with van der Waals surface area (Å²) < 4.78 is 5.52. The molecule has 2 aliphatic heterocycles. The second kappa shape index (κ2) is 6.40. The molecule has 2 aliphatic rings. The Balaban J connectivity index is 1.43. The summed E-state index contributed by atoms with van der Waals surface area (Å²) in [4.78, 5) is 33.0. The minimum Gasteiger partial charge on any atom is -0.460 e. The lowest BCUT2D eigenvalue weighted by Crippen LogP contribution is -2.39. The van der Waals surface area contributed by atoms with Gasteiger partial charge in [0, 0.05) is 42.0 Å². The van der Waals surface area contributed by atoms with Crippen LogP contribution >= 0.6 is 0 Å². The molecule has 4 heterocycles. The van der Waals surface area contributed by atoms with E-state index in [9.17, 15) is 9.59 Å². The summed E-state index contributed by atoms with van der Waals surface area (Å²) in [6.07, 6.45) is 8.57. The molecule has 7 heteroatoms. The fraction of sp³-hybridized carbons (Fsp3) is 0.444. The molecule has 4 rings (SSSR count). The number of carbonyl (C=O) groups excluding carboxylic acids is 2. The molecule has 1 atom stereocenters. The number of carbonyl (C=O) groups is 2. The smallest absolute Gasteiger partial charge is 0.312 e. The molecule has 2 N–H and O–H groups in total. The molecule has 25 heavy (non-hydrogen) atoms. The molecule has 1 amide bonds. The monoisotopic (exact) mass is 340 g/mol. The minimum absolute atomic E-state index is 0.119. The Kier molecular flexibility index (Phi) is 4.09. The lowest BCUT2D eigenvalue weighted by atomic mass is 9.76. The number of aromatic nitrogens is 2. The third kappa shape index (κ3) is 2.95. The second-order valence-electron chi connectivity index (χ2n) is 6.76. The van der Waals surface area contributed by atoms with Gasteiger partial charge in [-0.15, -0.1) is 0 Å². The number of fused-ring (bicyclic) bond motifs is 1. The Bertz CT molecular complexity index is 812. The largest absolute Gasteiger partial charge is 0.460 e. The quantitative estimate of drug-likeness (QED) is 0.811. The third-order valence-corrected chi connectivity index (χ3v) is 5.18. The fourth-order valence-corrected chi connectivity index (χ4v) is 3.76. The van der Waals surface area contributed by atoms with Gasteiger partial charge in [0.15, 0.2) is 0 Å². The van der Waals surface area contributed by atoms with Crippen molar-refractivity contribution in [2.24, 2.45) is 5.41 Å². The van der Waals surface area contributed by atoms with Crippen LogP contribution in [0, 0.1) is 5.41 Å². The Morgan fingerprint density at radius 2 is 2.08 bits per heavy atom. The van der Waals surface area contributed by atoms with Crippen LogP contribution in [0.15, 0.2) is 30.9 Å². The highest BCUT2D eigenvalue weighted by atomic mass is 16.6. The number of esters is 1. The first-order chi connectivity index (χ1) is 12.2. The Morgan fingerprint density at radius 3 is 2.92 bits per heavy atom. The summed E-state index contributed by atoms with van der Waals surface area (Å²) in [5.41, 5.74) is 0.133. The lowest BCUT2D eigenvalue weighted by Gasteiger charge is -2.29. The van der Waals surface area contributed by atoms with Crippen LogP contribution in [0.2, 0.25) is 0 Å². The SMILES string of the molecule is O=C(NCC1CC2(CCNCC2)C(=O)O1)c1cncc2cnccc12. The second-order valence-corrected chi connectivity index (χ2v) is 6.76. The van der Waals surface area contributed by atoms with Crippen molar-refractivity contribution < 1.29 is 14.3 Å². The van der Waals surface area contributed by atoms with Gasteiger partial charge < -0.3 is 15.4 Å². The maximum atomic E-state index is 12.5. The van der Waals surface area contributed by atoms with Gasteiger partial charge in [-0.2, -0.15) is 0 Å². The molecule has 2 aromatic heterocycles. The molecule has 0 radical (unpaired) electrons.